The molecular weight excluding hydrogens is 298 g/mol. The number of carbonyl (C=O) groups is 1. The molecule has 0 fully saturated rings. The third-order valence-electron chi connectivity index (χ3n) is 4.00. The van der Waals surface area contributed by atoms with E-state index in [1.165, 1.54) is 11.7 Å². The van der Waals surface area contributed by atoms with E-state index in [4.69, 9.17) is 4.74 Å². The van der Waals surface area contributed by atoms with Crippen molar-refractivity contribution in [2.24, 2.45) is 0 Å². The number of fused-ring (bicyclic) bond motifs is 3. The highest BCUT2D eigenvalue weighted by atomic mass is 32.1. The SMILES string of the molecule is COc1ccc([C@@H]2CC(=O)Nc3ccc4nsnc4c32)cc1. The van der Waals surface area contributed by atoms with Gasteiger partial charge in [0.15, 0.2) is 0 Å². The largest absolute Gasteiger partial charge is 0.497 e. The summed E-state index contributed by atoms with van der Waals surface area (Å²) < 4.78 is 13.9. The molecule has 1 aliphatic heterocycles. The highest BCUT2D eigenvalue weighted by Crippen LogP contribution is 2.41. The second kappa shape index (κ2) is 5.06. The maximum atomic E-state index is 12.0. The number of carbonyl (C=O) groups excluding carboxylic acids is 1. The number of benzene rings is 2. The Bertz CT molecular complexity index is 857. The van der Waals surface area contributed by atoms with Crippen LogP contribution in [0.1, 0.15) is 23.5 Å². The highest BCUT2D eigenvalue weighted by Gasteiger charge is 2.29. The number of nitrogens with one attached hydrogen (secondary N) is 1. The van der Waals surface area contributed by atoms with Gasteiger partial charge in [0.1, 0.15) is 16.8 Å². The van der Waals surface area contributed by atoms with Crippen molar-refractivity contribution in [1.82, 2.24) is 8.75 Å². The molecule has 1 aliphatic rings. The van der Waals surface area contributed by atoms with E-state index < -0.39 is 0 Å². The first kappa shape index (κ1) is 13.2. The first-order valence-corrected chi connectivity index (χ1v) is 7.68. The Balaban J connectivity index is 1.89. The molecule has 0 saturated carbocycles. The lowest BCUT2D eigenvalue weighted by Gasteiger charge is -2.26. The molecule has 3 aromatic rings. The van der Waals surface area contributed by atoms with Gasteiger partial charge in [-0.15, -0.1) is 0 Å². The summed E-state index contributed by atoms with van der Waals surface area (Å²) in [7, 11) is 1.64. The van der Waals surface area contributed by atoms with Crippen molar-refractivity contribution in [3.8, 4) is 5.75 Å². The Hall–Kier alpha value is -2.47. The van der Waals surface area contributed by atoms with Gasteiger partial charge in [0.05, 0.1) is 18.8 Å². The molecule has 6 heteroatoms. The number of ether oxygens (including phenoxy) is 1. The molecule has 2 heterocycles. The van der Waals surface area contributed by atoms with E-state index in [0.29, 0.717) is 6.42 Å². The molecule has 110 valence electrons. The molecule has 0 spiro atoms. The van der Waals surface area contributed by atoms with Gasteiger partial charge < -0.3 is 10.1 Å². The van der Waals surface area contributed by atoms with Gasteiger partial charge >= 0.3 is 0 Å². The Kier molecular flexibility index (Phi) is 3.04. The van der Waals surface area contributed by atoms with Crippen molar-refractivity contribution in [2.45, 2.75) is 12.3 Å². The quantitative estimate of drug-likeness (QED) is 0.789. The molecule has 1 atom stereocenters. The molecule has 22 heavy (non-hydrogen) atoms. The predicted molar refractivity (Wildman–Crippen MR) is 85.5 cm³/mol. The number of anilines is 1. The van der Waals surface area contributed by atoms with Gasteiger partial charge in [0.2, 0.25) is 5.91 Å². The molecule has 1 N–H and O–H groups in total. The second-order valence-corrected chi connectivity index (χ2v) is 5.77. The van der Waals surface area contributed by atoms with E-state index in [-0.39, 0.29) is 11.8 Å². The van der Waals surface area contributed by atoms with E-state index in [2.05, 4.69) is 14.1 Å². The van der Waals surface area contributed by atoms with Crippen LogP contribution in [0, 0.1) is 0 Å². The molecular formula is C16H13N3O2S. The zero-order valence-electron chi connectivity index (χ0n) is 11.9. The lowest BCUT2D eigenvalue weighted by atomic mass is 9.84. The van der Waals surface area contributed by atoms with Crippen molar-refractivity contribution in [3.05, 3.63) is 47.5 Å². The molecule has 1 amide bonds. The van der Waals surface area contributed by atoms with E-state index in [9.17, 15) is 4.79 Å². The van der Waals surface area contributed by atoms with Crippen LogP contribution in [0.25, 0.3) is 11.0 Å². The first-order chi connectivity index (χ1) is 10.8. The number of rotatable bonds is 2. The predicted octanol–water partition coefficient (Wildman–Crippen LogP) is 3.17. The summed E-state index contributed by atoms with van der Waals surface area (Å²) in [5.74, 6) is 0.816. The minimum atomic E-state index is -0.0118. The molecule has 2 aromatic carbocycles. The summed E-state index contributed by atoms with van der Waals surface area (Å²) in [4.78, 5) is 12.0. The van der Waals surface area contributed by atoms with E-state index in [1.807, 2.05) is 36.4 Å². The lowest BCUT2D eigenvalue weighted by molar-refractivity contribution is -0.116. The van der Waals surface area contributed by atoms with Gasteiger partial charge in [-0.25, -0.2) is 0 Å². The van der Waals surface area contributed by atoms with Crippen LogP contribution in [0.2, 0.25) is 0 Å². The average molecular weight is 311 g/mol. The van der Waals surface area contributed by atoms with E-state index in [0.717, 1.165) is 33.6 Å². The van der Waals surface area contributed by atoms with Gasteiger partial charge in [0.25, 0.3) is 0 Å². The Morgan fingerprint density at radius 2 is 2.00 bits per heavy atom. The maximum absolute atomic E-state index is 12.0. The standard InChI is InChI=1S/C16H13N3O2S/c1-21-10-4-2-9(3-5-10)11-8-14(20)17-12-6-7-13-16(15(11)12)19-22-18-13/h2-7,11H,8H2,1H3,(H,17,20)/t11-/m0/s1. The van der Waals surface area contributed by atoms with Gasteiger partial charge in [0, 0.05) is 23.6 Å². The summed E-state index contributed by atoms with van der Waals surface area (Å²) in [6.45, 7) is 0. The van der Waals surface area contributed by atoms with Gasteiger partial charge in [-0.05, 0) is 29.8 Å². The normalized spacial score (nSPS) is 17.1. The van der Waals surface area contributed by atoms with Crippen LogP contribution in [-0.2, 0) is 4.79 Å². The second-order valence-electron chi connectivity index (χ2n) is 5.24. The Morgan fingerprint density at radius 3 is 2.77 bits per heavy atom. The van der Waals surface area contributed by atoms with Crippen LogP contribution in [0.3, 0.4) is 0 Å². The number of hydrogen-bond acceptors (Lipinski definition) is 5. The summed E-state index contributed by atoms with van der Waals surface area (Å²) >= 11 is 1.20. The summed E-state index contributed by atoms with van der Waals surface area (Å²) in [6, 6.07) is 11.7. The van der Waals surface area contributed by atoms with Crippen LogP contribution in [0.4, 0.5) is 5.69 Å². The minimum absolute atomic E-state index is 0.0118. The summed E-state index contributed by atoms with van der Waals surface area (Å²) in [5, 5.41) is 2.94. The monoisotopic (exact) mass is 311 g/mol. The molecule has 0 radical (unpaired) electrons. The van der Waals surface area contributed by atoms with Crippen LogP contribution < -0.4 is 10.1 Å². The molecule has 0 bridgehead atoms. The van der Waals surface area contributed by atoms with E-state index in [1.54, 1.807) is 7.11 Å². The Labute approximate surface area is 131 Å². The number of nitrogens with zero attached hydrogens (tertiary/aromatic N) is 2. The zero-order chi connectivity index (χ0) is 15.1. The number of hydrogen-bond donors (Lipinski definition) is 1. The smallest absolute Gasteiger partial charge is 0.225 e. The lowest BCUT2D eigenvalue weighted by Crippen LogP contribution is -2.23. The zero-order valence-corrected chi connectivity index (χ0v) is 12.7. The van der Waals surface area contributed by atoms with Crippen LogP contribution in [-0.4, -0.2) is 21.8 Å². The van der Waals surface area contributed by atoms with Crippen molar-refractivity contribution in [3.63, 3.8) is 0 Å². The number of amides is 1. The third kappa shape index (κ3) is 2.03. The molecule has 0 unspecified atom stereocenters. The van der Waals surface area contributed by atoms with Crippen LogP contribution in [0.15, 0.2) is 36.4 Å². The van der Waals surface area contributed by atoms with Crippen molar-refractivity contribution < 1.29 is 9.53 Å². The van der Waals surface area contributed by atoms with Gasteiger partial charge in [-0.1, -0.05) is 12.1 Å². The average Bonchev–Trinajstić information content (AvgIpc) is 3.02. The van der Waals surface area contributed by atoms with Crippen LogP contribution >= 0.6 is 11.7 Å². The van der Waals surface area contributed by atoms with Gasteiger partial charge in [-0.2, -0.15) is 8.75 Å². The number of methoxy groups -OCH3 is 1. The van der Waals surface area contributed by atoms with Gasteiger partial charge in [-0.3, -0.25) is 4.79 Å². The van der Waals surface area contributed by atoms with Crippen LogP contribution in [0.5, 0.6) is 5.75 Å². The third-order valence-corrected chi connectivity index (χ3v) is 4.54. The molecule has 4 rings (SSSR count). The fraction of sp³-hybridized carbons (Fsp3) is 0.188. The Morgan fingerprint density at radius 1 is 1.18 bits per heavy atom. The fourth-order valence-electron chi connectivity index (χ4n) is 2.94. The maximum Gasteiger partial charge on any atom is 0.225 e. The highest BCUT2D eigenvalue weighted by molar-refractivity contribution is 7.00. The summed E-state index contributed by atoms with van der Waals surface area (Å²) in [5.41, 5.74) is 4.72. The van der Waals surface area contributed by atoms with Crippen molar-refractivity contribution >= 4 is 34.4 Å². The molecule has 0 saturated heterocycles. The van der Waals surface area contributed by atoms with Crippen molar-refractivity contribution in [2.75, 3.05) is 12.4 Å². The topological polar surface area (TPSA) is 64.1 Å². The minimum Gasteiger partial charge on any atom is -0.497 e. The summed E-state index contributed by atoms with van der Waals surface area (Å²) in [6.07, 6.45) is 0.413. The fourth-order valence-corrected chi connectivity index (χ4v) is 3.49. The van der Waals surface area contributed by atoms with Crippen molar-refractivity contribution in [1.29, 1.82) is 0 Å². The molecule has 0 aliphatic carbocycles. The first-order valence-electron chi connectivity index (χ1n) is 6.95. The van der Waals surface area contributed by atoms with E-state index >= 15 is 0 Å². The number of aromatic nitrogens is 2. The molecule has 1 aromatic heterocycles. The molecule has 5 nitrogen and oxygen atoms in total.